The number of aldehydes is 1. The maximum absolute atomic E-state index is 10.5. The molecule has 0 aliphatic rings. The fourth-order valence-corrected chi connectivity index (χ4v) is 1.54. The van der Waals surface area contributed by atoms with Crippen molar-refractivity contribution < 1.29 is 19.0 Å². The maximum Gasteiger partial charge on any atom is 0.150 e. The van der Waals surface area contributed by atoms with Gasteiger partial charge in [0.15, 0.2) is 0 Å². The van der Waals surface area contributed by atoms with Crippen molar-refractivity contribution in [3.8, 4) is 5.75 Å². The Balaban J connectivity index is 2.21. The van der Waals surface area contributed by atoms with Crippen molar-refractivity contribution in [2.24, 2.45) is 0 Å². The molecule has 18 heavy (non-hydrogen) atoms. The lowest BCUT2D eigenvalue weighted by atomic mass is 10.2. The molecule has 0 atom stereocenters. The molecule has 0 spiro atoms. The monoisotopic (exact) mass is 272 g/mol. The van der Waals surface area contributed by atoms with E-state index < -0.39 is 0 Å². The van der Waals surface area contributed by atoms with Crippen LogP contribution in [0, 0.1) is 0 Å². The smallest absolute Gasteiger partial charge is 0.150 e. The van der Waals surface area contributed by atoms with E-state index in [-0.39, 0.29) is 0 Å². The molecule has 0 amide bonds. The molecule has 0 heterocycles. The summed E-state index contributed by atoms with van der Waals surface area (Å²) in [5.41, 5.74) is 0.537. The number of benzene rings is 1. The predicted molar refractivity (Wildman–Crippen MR) is 69.6 cm³/mol. The zero-order valence-corrected chi connectivity index (χ0v) is 11.1. The number of halogens is 1. The van der Waals surface area contributed by atoms with Crippen LogP contribution >= 0.6 is 11.6 Å². The Hall–Kier alpha value is -1.10. The van der Waals surface area contributed by atoms with Gasteiger partial charge in [-0.05, 0) is 18.2 Å². The Bertz CT molecular complexity index is 368. The molecule has 0 saturated heterocycles. The summed E-state index contributed by atoms with van der Waals surface area (Å²) in [6.07, 6.45) is 1.52. The first-order chi connectivity index (χ1) is 8.77. The van der Waals surface area contributed by atoms with Crippen molar-refractivity contribution in [2.45, 2.75) is 6.42 Å². The minimum Gasteiger partial charge on any atom is -0.492 e. The van der Waals surface area contributed by atoms with Crippen LogP contribution in [0.5, 0.6) is 5.75 Å². The van der Waals surface area contributed by atoms with E-state index in [1.54, 1.807) is 25.3 Å². The number of carbonyl (C=O) groups is 1. The number of hydrogen-bond acceptors (Lipinski definition) is 4. The number of methoxy groups -OCH3 is 1. The van der Waals surface area contributed by atoms with Crippen molar-refractivity contribution in [2.75, 3.05) is 33.5 Å². The van der Waals surface area contributed by atoms with Gasteiger partial charge >= 0.3 is 0 Å². The van der Waals surface area contributed by atoms with Gasteiger partial charge in [0.2, 0.25) is 0 Å². The van der Waals surface area contributed by atoms with Gasteiger partial charge in [0.25, 0.3) is 0 Å². The summed E-state index contributed by atoms with van der Waals surface area (Å²) in [5.74, 6) is 0.583. The number of carbonyl (C=O) groups excluding carboxylic acids is 1. The molecular weight excluding hydrogens is 256 g/mol. The summed E-state index contributed by atoms with van der Waals surface area (Å²) in [6, 6.07) is 4.94. The molecular formula is C13H17ClO4. The second-order valence-electron chi connectivity index (χ2n) is 3.61. The van der Waals surface area contributed by atoms with E-state index in [1.807, 2.05) is 0 Å². The number of ether oxygens (including phenoxy) is 3. The van der Waals surface area contributed by atoms with Crippen molar-refractivity contribution in [3.05, 3.63) is 28.8 Å². The van der Waals surface area contributed by atoms with E-state index in [1.165, 1.54) is 0 Å². The predicted octanol–water partition coefficient (Wildman–Crippen LogP) is 2.58. The summed E-state index contributed by atoms with van der Waals surface area (Å²) in [7, 11) is 1.64. The summed E-state index contributed by atoms with van der Waals surface area (Å²) in [4.78, 5) is 10.5. The molecule has 0 aromatic heterocycles. The minimum atomic E-state index is 0.444. The molecule has 0 saturated carbocycles. The van der Waals surface area contributed by atoms with Crippen molar-refractivity contribution >= 4 is 17.9 Å². The van der Waals surface area contributed by atoms with Crippen LogP contribution in [0.2, 0.25) is 5.02 Å². The molecule has 0 radical (unpaired) electrons. The second-order valence-corrected chi connectivity index (χ2v) is 4.02. The average Bonchev–Trinajstić information content (AvgIpc) is 2.39. The molecule has 1 aromatic rings. The van der Waals surface area contributed by atoms with E-state index in [0.29, 0.717) is 42.8 Å². The molecule has 0 bridgehead atoms. The molecule has 1 aromatic carbocycles. The van der Waals surface area contributed by atoms with Gasteiger partial charge in [0.1, 0.15) is 12.0 Å². The van der Waals surface area contributed by atoms with Crippen LogP contribution in [-0.4, -0.2) is 39.8 Å². The molecule has 0 fully saturated rings. The molecule has 0 aliphatic heterocycles. The highest BCUT2D eigenvalue weighted by atomic mass is 35.5. The van der Waals surface area contributed by atoms with Crippen LogP contribution in [0.15, 0.2) is 18.2 Å². The first-order valence-corrected chi connectivity index (χ1v) is 6.10. The Kier molecular flexibility index (Phi) is 7.41. The number of hydrogen-bond donors (Lipinski definition) is 0. The van der Waals surface area contributed by atoms with E-state index in [2.05, 4.69) is 0 Å². The Morgan fingerprint density at radius 1 is 1.22 bits per heavy atom. The van der Waals surface area contributed by atoms with Crippen LogP contribution in [0.1, 0.15) is 16.8 Å². The summed E-state index contributed by atoms with van der Waals surface area (Å²) in [6.45, 7) is 2.33. The zero-order valence-electron chi connectivity index (χ0n) is 10.4. The van der Waals surface area contributed by atoms with Crippen LogP contribution in [0.4, 0.5) is 0 Å². The molecule has 0 aliphatic carbocycles. The van der Waals surface area contributed by atoms with Gasteiger partial charge in [0.05, 0.1) is 24.8 Å². The standard InChI is InChI=1S/C13H17ClO4/c1-16-7-8-17-5-2-6-18-13-4-3-11(10-15)9-12(13)14/h3-4,9-10H,2,5-8H2,1H3. The first-order valence-electron chi connectivity index (χ1n) is 5.72. The quantitative estimate of drug-likeness (QED) is 0.512. The van der Waals surface area contributed by atoms with Gasteiger partial charge in [0, 0.05) is 25.7 Å². The third-order valence-corrected chi connectivity index (χ3v) is 2.51. The fraction of sp³-hybridized carbons (Fsp3) is 0.462. The lowest BCUT2D eigenvalue weighted by Gasteiger charge is -2.08. The second kappa shape index (κ2) is 8.91. The molecule has 4 nitrogen and oxygen atoms in total. The average molecular weight is 273 g/mol. The summed E-state index contributed by atoms with van der Waals surface area (Å²) >= 11 is 5.96. The topological polar surface area (TPSA) is 44.8 Å². The highest BCUT2D eigenvalue weighted by Gasteiger charge is 2.02. The van der Waals surface area contributed by atoms with Gasteiger partial charge in [-0.1, -0.05) is 11.6 Å². The van der Waals surface area contributed by atoms with Gasteiger partial charge in [-0.2, -0.15) is 0 Å². The summed E-state index contributed by atoms with van der Waals surface area (Å²) < 4.78 is 15.6. The van der Waals surface area contributed by atoms with Crippen molar-refractivity contribution in [1.29, 1.82) is 0 Å². The minimum absolute atomic E-state index is 0.444. The van der Waals surface area contributed by atoms with Crippen molar-refractivity contribution in [1.82, 2.24) is 0 Å². The van der Waals surface area contributed by atoms with Gasteiger partial charge in [-0.15, -0.1) is 0 Å². The van der Waals surface area contributed by atoms with Gasteiger partial charge in [-0.3, -0.25) is 4.79 Å². The third kappa shape index (κ3) is 5.49. The summed E-state index contributed by atoms with van der Waals surface area (Å²) in [5, 5.41) is 0.444. The lowest BCUT2D eigenvalue weighted by molar-refractivity contribution is 0.0644. The van der Waals surface area contributed by atoms with Gasteiger partial charge in [-0.25, -0.2) is 0 Å². The van der Waals surface area contributed by atoms with Crippen LogP contribution in [-0.2, 0) is 9.47 Å². The largest absolute Gasteiger partial charge is 0.492 e. The SMILES string of the molecule is COCCOCCCOc1ccc(C=O)cc1Cl. The Morgan fingerprint density at radius 3 is 2.72 bits per heavy atom. The molecule has 1 rings (SSSR count). The fourth-order valence-electron chi connectivity index (χ4n) is 1.29. The first kappa shape index (κ1) is 15.0. The Morgan fingerprint density at radius 2 is 2.06 bits per heavy atom. The molecule has 0 unspecified atom stereocenters. The normalized spacial score (nSPS) is 10.3. The molecule has 0 N–H and O–H groups in total. The van der Waals surface area contributed by atoms with E-state index >= 15 is 0 Å². The molecule has 5 heteroatoms. The highest BCUT2D eigenvalue weighted by Crippen LogP contribution is 2.24. The van der Waals surface area contributed by atoms with E-state index in [0.717, 1.165) is 12.7 Å². The van der Waals surface area contributed by atoms with Crippen LogP contribution in [0.25, 0.3) is 0 Å². The lowest BCUT2D eigenvalue weighted by Crippen LogP contribution is -2.07. The zero-order chi connectivity index (χ0) is 13.2. The van der Waals surface area contributed by atoms with E-state index in [9.17, 15) is 4.79 Å². The van der Waals surface area contributed by atoms with Crippen LogP contribution in [0.3, 0.4) is 0 Å². The number of rotatable bonds is 9. The van der Waals surface area contributed by atoms with Gasteiger partial charge < -0.3 is 14.2 Å². The maximum atomic E-state index is 10.5. The van der Waals surface area contributed by atoms with Crippen LogP contribution < -0.4 is 4.74 Å². The van der Waals surface area contributed by atoms with Crippen molar-refractivity contribution in [3.63, 3.8) is 0 Å². The van der Waals surface area contributed by atoms with E-state index in [4.69, 9.17) is 25.8 Å². The Labute approximate surface area is 112 Å². The highest BCUT2D eigenvalue weighted by molar-refractivity contribution is 6.32. The third-order valence-electron chi connectivity index (χ3n) is 2.21. The molecule has 100 valence electrons.